The molecule has 88 valence electrons. The molecule has 3 atom stereocenters. The van der Waals surface area contributed by atoms with E-state index in [0.29, 0.717) is 6.61 Å². The van der Waals surface area contributed by atoms with E-state index in [1.165, 1.54) is 5.56 Å². The first-order valence-corrected chi connectivity index (χ1v) is 5.99. The predicted molar refractivity (Wildman–Crippen MR) is 66.7 cm³/mol. The van der Waals surface area contributed by atoms with Gasteiger partial charge in [-0.2, -0.15) is 0 Å². The van der Waals surface area contributed by atoms with Gasteiger partial charge in [-0.1, -0.05) is 48.6 Å². The zero-order chi connectivity index (χ0) is 11.7. The molecule has 1 fully saturated rings. The maximum atomic E-state index is 6.05. The fraction of sp³-hybridized carbons (Fsp3) is 0.333. The van der Waals surface area contributed by atoms with Crippen molar-refractivity contribution >= 4 is 0 Å². The molecule has 0 aromatic heterocycles. The fourth-order valence-corrected chi connectivity index (χ4v) is 2.70. The molecular weight excluding hydrogens is 212 g/mol. The number of hydrogen-bond acceptors (Lipinski definition) is 2. The molecule has 1 aromatic carbocycles. The second-order valence-corrected chi connectivity index (χ2v) is 4.53. The van der Waals surface area contributed by atoms with Crippen LogP contribution in [0.3, 0.4) is 0 Å². The maximum absolute atomic E-state index is 6.05. The third-order valence-corrected chi connectivity index (χ3v) is 3.56. The largest absolute Gasteiger partial charge is 0.363 e. The van der Waals surface area contributed by atoms with Crippen molar-refractivity contribution < 1.29 is 9.47 Å². The van der Waals surface area contributed by atoms with Crippen LogP contribution in [-0.2, 0) is 15.1 Å². The number of benzene rings is 1. The predicted octanol–water partition coefficient (Wildman–Crippen LogP) is 2.81. The van der Waals surface area contributed by atoms with Crippen LogP contribution in [0.4, 0.5) is 0 Å². The van der Waals surface area contributed by atoms with E-state index in [0.717, 1.165) is 6.42 Å². The van der Waals surface area contributed by atoms with Gasteiger partial charge in [0, 0.05) is 6.42 Å². The van der Waals surface area contributed by atoms with Gasteiger partial charge in [0.15, 0.2) is 0 Å². The van der Waals surface area contributed by atoms with Crippen molar-refractivity contribution in [1.82, 2.24) is 0 Å². The van der Waals surface area contributed by atoms with Gasteiger partial charge in [-0.05, 0) is 5.56 Å². The summed E-state index contributed by atoms with van der Waals surface area (Å²) in [4.78, 5) is 0. The standard InChI is InChI=1S/C15H16O2/c1-2-13-11-15(12-7-4-3-5-8-12)14(17-13)9-6-10-16-15/h2-9,13-14H,1,10-11H2/t13-,14+,15-/m1/s1. The molecule has 1 aromatic rings. The third-order valence-electron chi connectivity index (χ3n) is 3.56. The minimum absolute atomic E-state index is 0.00153. The quantitative estimate of drug-likeness (QED) is 0.725. The molecule has 2 heteroatoms. The molecule has 0 radical (unpaired) electrons. The highest BCUT2D eigenvalue weighted by Gasteiger charge is 2.50. The zero-order valence-electron chi connectivity index (χ0n) is 9.71. The minimum Gasteiger partial charge on any atom is -0.363 e. The molecule has 17 heavy (non-hydrogen) atoms. The van der Waals surface area contributed by atoms with Crippen molar-refractivity contribution in [3.05, 3.63) is 60.7 Å². The van der Waals surface area contributed by atoms with Crippen LogP contribution in [0.15, 0.2) is 55.1 Å². The summed E-state index contributed by atoms with van der Waals surface area (Å²) in [7, 11) is 0. The van der Waals surface area contributed by atoms with Crippen LogP contribution in [0.5, 0.6) is 0 Å². The monoisotopic (exact) mass is 228 g/mol. The summed E-state index contributed by atoms with van der Waals surface area (Å²) in [5.41, 5.74) is 0.869. The fourth-order valence-electron chi connectivity index (χ4n) is 2.70. The Kier molecular flexibility index (Phi) is 2.61. The smallest absolute Gasteiger partial charge is 0.126 e. The van der Waals surface area contributed by atoms with E-state index in [9.17, 15) is 0 Å². The lowest BCUT2D eigenvalue weighted by molar-refractivity contribution is -0.0800. The van der Waals surface area contributed by atoms with Crippen molar-refractivity contribution in [3.8, 4) is 0 Å². The van der Waals surface area contributed by atoms with E-state index in [4.69, 9.17) is 9.47 Å². The number of ether oxygens (including phenoxy) is 2. The summed E-state index contributed by atoms with van der Waals surface area (Å²) in [6.07, 6.45) is 6.91. The van der Waals surface area contributed by atoms with Gasteiger partial charge in [0.1, 0.15) is 11.7 Å². The molecule has 0 unspecified atom stereocenters. The molecule has 1 saturated heterocycles. The summed E-state index contributed by atoms with van der Waals surface area (Å²) in [5.74, 6) is 0. The second kappa shape index (κ2) is 4.13. The third kappa shape index (κ3) is 1.65. The summed E-state index contributed by atoms with van der Waals surface area (Å²) in [6, 6.07) is 10.3. The number of hydrogen-bond donors (Lipinski definition) is 0. The van der Waals surface area contributed by atoms with E-state index in [-0.39, 0.29) is 17.8 Å². The molecule has 0 spiro atoms. The molecule has 0 amide bonds. The topological polar surface area (TPSA) is 18.5 Å². The molecule has 2 aliphatic heterocycles. The highest BCUT2D eigenvalue weighted by atomic mass is 16.6. The van der Waals surface area contributed by atoms with Crippen LogP contribution in [0.1, 0.15) is 12.0 Å². The van der Waals surface area contributed by atoms with E-state index in [1.807, 2.05) is 30.4 Å². The van der Waals surface area contributed by atoms with Crippen LogP contribution in [0.25, 0.3) is 0 Å². The van der Waals surface area contributed by atoms with Crippen LogP contribution >= 0.6 is 0 Å². The van der Waals surface area contributed by atoms with E-state index < -0.39 is 0 Å². The lowest BCUT2D eigenvalue weighted by Crippen LogP contribution is -2.39. The van der Waals surface area contributed by atoms with Gasteiger partial charge < -0.3 is 9.47 Å². The average Bonchev–Trinajstić information content (AvgIpc) is 2.79. The van der Waals surface area contributed by atoms with E-state index in [2.05, 4.69) is 24.8 Å². The summed E-state index contributed by atoms with van der Waals surface area (Å²) in [5, 5.41) is 0. The van der Waals surface area contributed by atoms with Crippen molar-refractivity contribution in [2.24, 2.45) is 0 Å². The summed E-state index contributed by atoms with van der Waals surface area (Å²) < 4.78 is 12.0. The Hall–Kier alpha value is -1.38. The van der Waals surface area contributed by atoms with Crippen LogP contribution < -0.4 is 0 Å². The lowest BCUT2D eigenvalue weighted by Gasteiger charge is -2.35. The van der Waals surface area contributed by atoms with Crippen LogP contribution in [0.2, 0.25) is 0 Å². The van der Waals surface area contributed by atoms with Gasteiger partial charge in [-0.3, -0.25) is 0 Å². The maximum Gasteiger partial charge on any atom is 0.126 e. The average molecular weight is 228 g/mol. The van der Waals surface area contributed by atoms with E-state index >= 15 is 0 Å². The van der Waals surface area contributed by atoms with Crippen LogP contribution in [0, 0.1) is 0 Å². The Balaban J connectivity index is 2.03. The Labute approximate surface area is 102 Å². The van der Waals surface area contributed by atoms with Crippen LogP contribution in [-0.4, -0.2) is 18.8 Å². The molecule has 0 bridgehead atoms. The minimum atomic E-state index is -0.325. The Morgan fingerprint density at radius 2 is 2.12 bits per heavy atom. The van der Waals surface area contributed by atoms with Crippen molar-refractivity contribution in [2.75, 3.05) is 6.61 Å². The van der Waals surface area contributed by atoms with Crippen molar-refractivity contribution in [2.45, 2.75) is 24.2 Å². The van der Waals surface area contributed by atoms with Crippen molar-refractivity contribution in [3.63, 3.8) is 0 Å². The lowest BCUT2D eigenvalue weighted by atomic mass is 9.84. The molecule has 0 N–H and O–H groups in total. The number of fused-ring (bicyclic) bond motifs is 1. The van der Waals surface area contributed by atoms with Gasteiger partial charge in [0.05, 0.1) is 12.7 Å². The number of rotatable bonds is 2. The second-order valence-electron chi connectivity index (χ2n) is 4.53. The molecule has 2 heterocycles. The normalized spacial score (nSPS) is 35.5. The zero-order valence-corrected chi connectivity index (χ0v) is 9.71. The summed E-state index contributed by atoms with van der Waals surface area (Å²) in [6.45, 7) is 4.47. The molecular formula is C15H16O2. The Morgan fingerprint density at radius 1 is 1.29 bits per heavy atom. The molecule has 2 aliphatic rings. The highest BCUT2D eigenvalue weighted by molar-refractivity contribution is 5.30. The molecule has 0 aliphatic carbocycles. The van der Waals surface area contributed by atoms with Gasteiger partial charge in [0.2, 0.25) is 0 Å². The van der Waals surface area contributed by atoms with Gasteiger partial charge in [-0.15, -0.1) is 6.58 Å². The molecule has 2 nitrogen and oxygen atoms in total. The Morgan fingerprint density at radius 3 is 2.88 bits per heavy atom. The highest BCUT2D eigenvalue weighted by Crippen LogP contribution is 2.45. The van der Waals surface area contributed by atoms with E-state index in [1.54, 1.807) is 0 Å². The summed E-state index contributed by atoms with van der Waals surface area (Å²) >= 11 is 0. The molecule has 0 saturated carbocycles. The van der Waals surface area contributed by atoms with Crippen molar-refractivity contribution in [1.29, 1.82) is 0 Å². The van der Waals surface area contributed by atoms with Gasteiger partial charge >= 0.3 is 0 Å². The first-order chi connectivity index (χ1) is 8.35. The molecule has 3 rings (SSSR count). The Bertz CT molecular complexity index is 437. The SMILES string of the molecule is C=C[C@@H]1C[C@]2(c3ccccc3)OCC=C[C@@H]2O1. The first kappa shape index (κ1) is 10.8. The first-order valence-electron chi connectivity index (χ1n) is 5.99. The van der Waals surface area contributed by atoms with Gasteiger partial charge in [0.25, 0.3) is 0 Å². The van der Waals surface area contributed by atoms with Gasteiger partial charge in [-0.25, -0.2) is 0 Å².